The molecule has 2 aliphatic rings. The molecule has 0 unspecified atom stereocenters. The number of likely N-dealkylation sites (tertiary alicyclic amines) is 1. The first-order valence-electron chi connectivity index (χ1n) is 10.1. The molecule has 0 saturated carbocycles. The summed E-state index contributed by atoms with van der Waals surface area (Å²) in [6.07, 6.45) is 0.292. The van der Waals surface area contributed by atoms with E-state index in [2.05, 4.69) is 0 Å². The molecule has 1 N–H and O–H groups in total. The van der Waals surface area contributed by atoms with Gasteiger partial charge in [0.05, 0.1) is 29.3 Å². The van der Waals surface area contributed by atoms with E-state index in [9.17, 15) is 14.7 Å². The summed E-state index contributed by atoms with van der Waals surface area (Å²) in [6, 6.07) is 9.90. The Bertz CT molecular complexity index is 924. The third kappa shape index (κ3) is 3.44. The van der Waals surface area contributed by atoms with E-state index in [4.69, 9.17) is 9.84 Å². The van der Waals surface area contributed by atoms with Crippen LogP contribution in [-0.2, 0) is 14.3 Å². The van der Waals surface area contributed by atoms with Gasteiger partial charge in [-0.1, -0.05) is 25.1 Å². The highest BCUT2D eigenvalue weighted by Gasteiger charge is 2.44. The highest BCUT2D eigenvalue weighted by molar-refractivity contribution is 5.82. The maximum absolute atomic E-state index is 13.3. The Labute approximate surface area is 170 Å². The van der Waals surface area contributed by atoms with Gasteiger partial charge in [0.25, 0.3) is 0 Å². The smallest absolute Gasteiger partial charge is 0.308 e. The van der Waals surface area contributed by atoms with E-state index < -0.39 is 11.9 Å². The summed E-state index contributed by atoms with van der Waals surface area (Å²) in [5.41, 5.74) is 3.76. The van der Waals surface area contributed by atoms with E-state index in [-0.39, 0.29) is 30.4 Å². The van der Waals surface area contributed by atoms with Crippen LogP contribution in [0.4, 0.5) is 0 Å². The van der Waals surface area contributed by atoms with Crippen LogP contribution >= 0.6 is 0 Å². The van der Waals surface area contributed by atoms with Crippen molar-refractivity contribution in [3.8, 4) is 5.69 Å². The number of nitrogens with zero attached hydrogens (tertiary/aromatic N) is 3. The predicted molar refractivity (Wildman–Crippen MR) is 107 cm³/mol. The van der Waals surface area contributed by atoms with Crippen LogP contribution in [0, 0.1) is 31.6 Å². The lowest BCUT2D eigenvalue weighted by Gasteiger charge is -2.24. The summed E-state index contributed by atoms with van der Waals surface area (Å²) in [7, 11) is 0. The van der Waals surface area contributed by atoms with Crippen molar-refractivity contribution in [2.24, 2.45) is 17.8 Å². The molecule has 154 valence electrons. The zero-order valence-electron chi connectivity index (χ0n) is 17.0. The molecule has 2 fully saturated rings. The highest BCUT2D eigenvalue weighted by atomic mass is 16.5. The van der Waals surface area contributed by atoms with Gasteiger partial charge in [-0.3, -0.25) is 9.59 Å². The Morgan fingerprint density at radius 1 is 1.14 bits per heavy atom. The Balaban J connectivity index is 1.60. The van der Waals surface area contributed by atoms with Crippen molar-refractivity contribution in [3.05, 3.63) is 47.3 Å². The molecule has 7 heteroatoms. The number of rotatable bonds is 4. The quantitative estimate of drug-likeness (QED) is 0.858. The van der Waals surface area contributed by atoms with Crippen LogP contribution in [0.1, 0.15) is 36.4 Å². The molecule has 7 nitrogen and oxygen atoms in total. The molecule has 0 aliphatic carbocycles. The van der Waals surface area contributed by atoms with Gasteiger partial charge in [0.1, 0.15) is 0 Å². The molecule has 4 rings (SSSR count). The second-order valence-electron chi connectivity index (χ2n) is 8.18. The number of para-hydroxylation sites is 1. The minimum absolute atomic E-state index is 0.00522. The van der Waals surface area contributed by atoms with Crippen LogP contribution in [-0.4, -0.2) is 51.4 Å². The Kier molecular flexibility index (Phi) is 5.17. The number of hydrogen-bond acceptors (Lipinski definition) is 4. The van der Waals surface area contributed by atoms with E-state index >= 15 is 0 Å². The maximum Gasteiger partial charge on any atom is 0.308 e. The Morgan fingerprint density at radius 3 is 2.52 bits per heavy atom. The molecular formula is C22H27N3O4. The number of carbonyl (C=O) groups is 2. The van der Waals surface area contributed by atoms with Gasteiger partial charge >= 0.3 is 5.97 Å². The van der Waals surface area contributed by atoms with E-state index in [1.165, 1.54) is 0 Å². The minimum Gasteiger partial charge on any atom is -0.481 e. The SMILES string of the molecule is Cc1nn(-c2ccccc2)c(C)c1[C@H]1OCC[C@@H]1C(=O)N1C[C@@H](C)[C@H](C(=O)O)C1. The molecule has 2 aliphatic heterocycles. The normalized spacial score (nSPS) is 26.8. The van der Waals surface area contributed by atoms with Crippen LogP contribution in [0.3, 0.4) is 0 Å². The number of benzene rings is 1. The van der Waals surface area contributed by atoms with Gasteiger partial charge in [0.15, 0.2) is 0 Å². The fourth-order valence-corrected chi connectivity index (χ4v) is 4.72. The molecule has 0 bridgehead atoms. The van der Waals surface area contributed by atoms with Gasteiger partial charge in [-0.15, -0.1) is 0 Å². The number of carboxylic acid groups (broad SMARTS) is 1. The summed E-state index contributed by atoms with van der Waals surface area (Å²) in [6.45, 7) is 7.13. The van der Waals surface area contributed by atoms with Crippen LogP contribution < -0.4 is 0 Å². The molecule has 0 spiro atoms. The van der Waals surface area contributed by atoms with E-state index in [1.807, 2.05) is 55.8 Å². The predicted octanol–water partition coefficient (Wildman–Crippen LogP) is 2.75. The molecule has 1 aromatic carbocycles. The molecule has 29 heavy (non-hydrogen) atoms. The summed E-state index contributed by atoms with van der Waals surface area (Å²) >= 11 is 0. The van der Waals surface area contributed by atoms with Gasteiger partial charge in [0, 0.05) is 31.0 Å². The number of aryl methyl sites for hydroxylation is 1. The number of carboxylic acids is 1. The number of aromatic nitrogens is 2. The van der Waals surface area contributed by atoms with Crippen molar-refractivity contribution in [1.82, 2.24) is 14.7 Å². The van der Waals surface area contributed by atoms with Gasteiger partial charge in [0.2, 0.25) is 5.91 Å². The van der Waals surface area contributed by atoms with Crippen LogP contribution in [0.5, 0.6) is 0 Å². The fourth-order valence-electron chi connectivity index (χ4n) is 4.72. The third-order valence-corrected chi connectivity index (χ3v) is 6.28. The topological polar surface area (TPSA) is 84.7 Å². The zero-order valence-corrected chi connectivity index (χ0v) is 17.0. The van der Waals surface area contributed by atoms with Crippen molar-refractivity contribution in [1.29, 1.82) is 0 Å². The fraction of sp³-hybridized carbons (Fsp3) is 0.500. The van der Waals surface area contributed by atoms with Crippen LogP contribution in [0.25, 0.3) is 5.69 Å². The molecule has 1 amide bonds. The second kappa shape index (κ2) is 7.63. The molecule has 4 atom stereocenters. The molecule has 2 saturated heterocycles. The van der Waals surface area contributed by atoms with Crippen LogP contribution in [0.15, 0.2) is 30.3 Å². The first-order valence-corrected chi connectivity index (χ1v) is 10.1. The highest BCUT2D eigenvalue weighted by Crippen LogP contribution is 2.40. The van der Waals surface area contributed by atoms with E-state index in [0.29, 0.717) is 19.6 Å². The number of ether oxygens (including phenoxy) is 1. The van der Waals surface area contributed by atoms with Gasteiger partial charge in [-0.05, 0) is 38.3 Å². The lowest BCUT2D eigenvalue weighted by Crippen LogP contribution is -2.36. The zero-order chi connectivity index (χ0) is 20.7. The largest absolute Gasteiger partial charge is 0.481 e. The van der Waals surface area contributed by atoms with Crippen molar-refractivity contribution in [2.45, 2.75) is 33.3 Å². The summed E-state index contributed by atoms with van der Waals surface area (Å²) in [5.74, 6) is -1.68. The number of aliphatic carboxylic acids is 1. The van der Waals surface area contributed by atoms with Gasteiger partial charge < -0.3 is 14.7 Å². The molecule has 0 radical (unpaired) electrons. The molecule has 2 aromatic rings. The van der Waals surface area contributed by atoms with E-state index in [1.54, 1.807) is 4.90 Å². The van der Waals surface area contributed by atoms with E-state index in [0.717, 1.165) is 22.6 Å². The average molecular weight is 397 g/mol. The standard InChI is InChI=1S/C22H27N3O4/c1-13-11-24(12-18(13)22(27)28)21(26)17-9-10-29-20(17)19-14(2)23-25(15(19)3)16-7-5-4-6-8-16/h4-8,13,17-18,20H,9-12H2,1-3H3,(H,27,28)/t13-,17+,18-,20+/m1/s1. The number of hydrogen-bond donors (Lipinski definition) is 1. The first-order chi connectivity index (χ1) is 13.9. The first kappa shape index (κ1) is 19.6. The Hall–Kier alpha value is -2.67. The minimum atomic E-state index is -0.831. The lowest BCUT2D eigenvalue weighted by molar-refractivity contribution is -0.142. The van der Waals surface area contributed by atoms with Crippen molar-refractivity contribution in [3.63, 3.8) is 0 Å². The van der Waals surface area contributed by atoms with Gasteiger partial charge in [-0.25, -0.2) is 4.68 Å². The summed E-state index contributed by atoms with van der Waals surface area (Å²) in [5, 5.41) is 14.1. The second-order valence-corrected chi connectivity index (χ2v) is 8.18. The molecule has 1 aromatic heterocycles. The van der Waals surface area contributed by atoms with Crippen molar-refractivity contribution >= 4 is 11.9 Å². The summed E-state index contributed by atoms with van der Waals surface area (Å²) in [4.78, 5) is 26.4. The molecule has 3 heterocycles. The maximum atomic E-state index is 13.3. The number of carbonyl (C=O) groups excluding carboxylic acids is 1. The summed E-state index contributed by atoms with van der Waals surface area (Å²) < 4.78 is 7.92. The lowest BCUT2D eigenvalue weighted by atomic mass is 9.92. The van der Waals surface area contributed by atoms with Crippen molar-refractivity contribution < 1.29 is 19.4 Å². The number of amides is 1. The van der Waals surface area contributed by atoms with Crippen LogP contribution in [0.2, 0.25) is 0 Å². The van der Waals surface area contributed by atoms with Crippen molar-refractivity contribution in [2.75, 3.05) is 19.7 Å². The Morgan fingerprint density at radius 2 is 1.86 bits per heavy atom. The molecular weight excluding hydrogens is 370 g/mol. The third-order valence-electron chi connectivity index (χ3n) is 6.28. The monoisotopic (exact) mass is 397 g/mol. The van der Waals surface area contributed by atoms with Gasteiger partial charge in [-0.2, -0.15) is 5.10 Å². The average Bonchev–Trinajstić information content (AvgIpc) is 3.39.